The zero-order valence-electron chi connectivity index (χ0n) is 15.4. The van der Waals surface area contributed by atoms with Crippen molar-refractivity contribution in [2.45, 2.75) is 32.0 Å². The van der Waals surface area contributed by atoms with Crippen LogP contribution in [0.15, 0.2) is 54.6 Å². The quantitative estimate of drug-likeness (QED) is 0.543. The molecule has 2 atom stereocenters. The Balaban J connectivity index is 1.85. The van der Waals surface area contributed by atoms with Crippen molar-refractivity contribution in [3.8, 4) is 5.75 Å². The van der Waals surface area contributed by atoms with Crippen LogP contribution in [0.25, 0.3) is 0 Å². The lowest BCUT2D eigenvalue weighted by molar-refractivity contribution is -0.128. The van der Waals surface area contributed by atoms with Gasteiger partial charge in [0.15, 0.2) is 0 Å². The summed E-state index contributed by atoms with van der Waals surface area (Å²) in [5.41, 5.74) is 6.89. The second-order valence-electron chi connectivity index (χ2n) is 6.26. The number of ether oxygens (including phenoxy) is 1. The summed E-state index contributed by atoms with van der Waals surface area (Å²) >= 11 is 0. The number of hydrogen-bond donors (Lipinski definition) is 4. The molecule has 0 saturated heterocycles. The van der Waals surface area contributed by atoms with Gasteiger partial charge in [-0.05, 0) is 30.2 Å². The number of aromatic hydroxyl groups is 1. The number of nitrogens with two attached hydrogens (primary N) is 1. The van der Waals surface area contributed by atoms with Crippen LogP contribution in [0, 0.1) is 0 Å². The Hall–Kier alpha value is -3.55. The van der Waals surface area contributed by atoms with Gasteiger partial charge in [0.2, 0.25) is 11.8 Å². The number of primary amides is 1. The zero-order valence-corrected chi connectivity index (χ0v) is 15.4. The Bertz CT molecular complexity index is 808. The number of carbonyl (C=O) groups is 3. The summed E-state index contributed by atoms with van der Waals surface area (Å²) in [5.74, 6) is -1.19. The van der Waals surface area contributed by atoms with Crippen molar-refractivity contribution >= 4 is 17.9 Å². The number of alkyl carbamates (subject to hydrolysis) is 1. The second-order valence-corrected chi connectivity index (χ2v) is 6.26. The lowest BCUT2D eigenvalue weighted by atomic mass is 10.0. The molecular weight excluding hydrogens is 362 g/mol. The molecule has 28 heavy (non-hydrogen) atoms. The van der Waals surface area contributed by atoms with Gasteiger partial charge in [0, 0.05) is 6.42 Å². The Kier molecular flexibility index (Phi) is 7.38. The number of phenolic OH excluding ortho intramolecular Hbond substituents is 1. The van der Waals surface area contributed by atoms with Gasteiger partial charge >= 0.3 is 6.09 Å². The Morgan fingerprint density at radius 1 is 1.00 bits per heavy atom. The van der Waals surface area contributed by atoms with Crippen LogP contribution in [0.4, 0.5) is 4.79 Å². The van der Waals surface area contributed by atoms with Gasteiger partial charge in [0.05, 0.1) is 0 Å². The molecule has 148 valence electrons. The molecule has 0 saturated carbocycles. The molecule has 2 aromatic rings. The molecule has 0 fully saturated rings. The molecule has 0 spiro atoms. The van der Waals surface area contributed by atoms with Crippen molar-refractivity contribution in [2.24, 2.45) is 5.73 Å². The number of benzene rings is 2. The van der Waals surface area contributed by atoms with E-state index in [2.05, 4.69) is 10.6 Å². The monoisotopic (exact) mass is 385 g/mol. The van der Waals surface area contributed by atoms with Gasteiger partial charge in [-0.25, -0.2) is 4.79 Å². The predicted molar refractivity (Wildman–Crippen MR) is 102 cm³/mol. The van der Waals surface area contributed by atoms with Gasteiger partial charge in [-0.15, -0.1) is 0 Å². The van der Waals surface area contributed by atoms with Gasteiger partial charge in [0.1, 0.15) is 24.4 Å². The van der Waals surface area contributed by atoms with Gasteiger partial charge in [0.25, 0.3) is 0 Å². The molecule has 8 nitrogen and oxygen atoms in total. The highest BCUT2D eigenvalue weighted by atomic mass is 16.5. The van der Waals surface area contributed by atoms with Crippen LogP contribution < -0.4 is 16.4 Å². The number of phenols is 1. The van der Waals surface area contributed by atoms with Gasteiger partial charge < -0.3 is 26.2 Å². The Morgan fingerprint density at radius 3 is 2.25 bits per heavy atom. The second kappa shape index (κ2) is 9.96. The van der Waals surface area contributed by atoms with E-state index in [1.807, 2.05) is 30.3 Å². The highest BCUT2D eigenvalue weighted by molar-refractivity contribution is 5.90. The predicted octanol–water partition coefficient (Wildman–Crippen LogP) is 1.22. The van der Waals surface area contributed by atoms with Gasteiger partial charge in [-0.3, -0.25) is 9.59 Å². The molecule has 5 N–H and O–H groups in total. The van der Waals surface area contributed by atoms with E-state index in [0.29, 0.717) is 5.56 Å². The third-order valence-electron chi connectivity index (χ3n) is 3.98. The van der Waals surface area contributed by atoms with E-state index in [-0.39, 0.29) is 18.8 Å². The first-order valence-corrected chi connectivity index (χ1v) is 8.70. The van der Waals surface area contributed by atoms with Crippen LogP contribution in [-0.2, 0) is 27.4 Å². The maximum absolute atomic E-state index is 12.3. The first-order chi connectivity index (χ1) is 13.3. The summed E-state index contributed by atoms with van der Waals surface area (Å²) < 4.78 is 5.06. The topological polar surface area (TPSA) is 131 Å². The fourth-order valence-corrected chi connectivity index (χ4v) is 2.39. The standard InChI is InChI=1S/C20H23N3O5/c1-13(22-20(27)28-12-15-5-3-2-4-6-15)19(26)23-17(18(21)25)11-14-7-9-16(24)10-8-14/h2-10,13,17,24H,11-12H2,1H3,(H2,21,25)(H,22,27)(H,23,26)/t13-,17-/m0/s1. The smallest absolute Gasteiger partial charge is 0.408 e. The average molecular weight is 385 g/mol. The van der Waals surface area contributed by atoms with E-state index in [1.54, 1.807) is 12.1 Å². The summed E-state index contributed by atoms with van der Waals surface area (Å²) in [6, 6.07) is 13.4. The molecule has 3 amide bonds. The fourth-order valence-electron chi connectivity index (χ4n) is 2.39. The number of amides is 3. The first-order valence-electron chi connectivity index (χ1n) is 8.70. The minimum absolute atomic E-state index is 0.0752. The minimum atomic E-state index is -0.957. The lowest BCUT2D eigenvalue weighted by Gasteiger charge is -2.19. The average Bonchev–Trinajstić information content (AvgIpc) is 2.68. The third-order valence-corrected chi connectivity index (χ3v) is 3.98. The van der Waals surface area contributed by atoms with E-state index in [4.69, 9.17) is 10.5 Å². The van der Waals surface area contributed by atoms with E-state index in [0.717, 1.165) is 5.56 Å². The molecule has 0 aromatic heterocycles. The molecule has 0 bridgehead atoms. The van der Waals surface area contributed by atoms with Crippen LogP contribution in [-0.4, -0.2) is 35.1 Å². The van der Waals surface area contributed by atoms with Crippen molar-refractivity contribution in [3.63, 3.8) is 0 Å². The van der Waals surface area contributed by atoms with Crippen molar-refractivity contribution < 1.29 is 24.2 Å². The molecule has 2 aromatic carbocycles. The first kappa shape index (κ1) is 20.8. The molecule has 0 aliphatic heterocycles. The molecule has 8 heteroatoms. The lowest BCUT2D eigenvalue weighted by Crippen LogP contribution is -2.52. The van der Waals surface area contributed by atoms with Crippen LogP contribution in [0.3, 0.4) is 0 Å². The Morgan fingerprint density at radius 2 is 1.64 bits per heavy atom. The van der Waals surface area contributed by atoms with Crippen LogP contribution in [0.2, 0.25) is 0 Å². The molecule has 0 unspecified atom stereocenters. The summed E-state index contributed by atoms with van der Waals surface area (Å²) in [6.07, 6.45) is -0.590. The van der Waals surface area contributed by atoms with Gasteiger partial charge in [-0.2, -0.15) is 0 Å². The van der Waals surface area contributed by atoms with Crippen LogP contribution in [0.1, 0.15) is 18.1 Å². The van der Waals surface area contributed by atoms with E-state index >= 15 is 0 Å². The molecule has 2 rings (SSSR count). The minimum Gasteiger partial charge on any atom is -0.508 e. The maximum atomic E-state index is 12.3. The Labute approximate surface area is 162 Å². The SMILES string of the molecule is C[C@H](NC(=O)OCc1ccccc1)C(=O)N[C@@H](Cc1ccc(O)cc1)C(N)=O. The number of rotatable bonds is 8. The highest BCUT2D eigenvalue weighted by Gasteiger charge is 2.23. The van der Waals surface area contributed by atoms with Crippen molar-refractivity contribution in [1.29, 1.82) is 0 Å². The van der Waals surface area contributed by atoms with Crippen molar-refractivity contribution in [3.05, 3.63) is 65.7 Å². The summed E-state index contributed by atoms with van der Waals surface area (Å²) in [7, 11) is 0. The van der Waals surface area contributed by atoms with E-state index < -0.39 is 30.0 Å². The summed E-state index contributed by atoms with van der Waals surface area (Å²) in [5, 5.41) is 14.2. The fraction of sp³-hybridized carbons (Fsp3) is 0.250. The highest BCUT2D eigenvalue weighted by Crippen LogP contribution is 2.11. The molecule has 0 aliphatic carbocycles. The van der Waals surface area contributed by atoms with Crippen LogP contribution >= 0.6 is 0 Å². The largest absolute Gasteiger partial charge is 0.508 e. The van der Waals surface area contributed by atoms with E-state index in [1.165, 1.54) is 19.1 Å². The maximum Gasteiger partial charge on any atom is 0.408 e. The number of hydrogen-bond acceptors (Lipinski definition) is 5. The number of carbonyl (C=O) groups excluding carboxylic acids is 3. The molecule has 0 heterocycles. The number of nitrogens with one attached hydrogen (secondary N) is 2. The van der Waals surface area contributed by atoms with Crippen molar-refractivity contribution in [2.75, 3.05) is 0 Å². The zero-order chi connectivity index (χ0) is 20.5. The molecular formula is C20H23N3O5. The summed E-state index contributed by atoms with van der Waals surface area (Å²) in [4.78, 5) is 35.8. The van der Waals surface area contributed by atoms with E-state index in [9.17, 15) is 19.5 Å². The molecule has 0 radical (unpaired) electrons. The van der Waals surface area contributed by atoms with Crippen molar-refractivity contribution in [1.82, 2.24) is 10.6 Å². The van der Waals surface area contributed by atoms with Gasteiger partial charge in [-0.1, -0.05) is 42.5 Å². The normalized spacial score (nSPS) is 12.5. The third kappa shape index (κ3) is 6.64. The molecule has 0 aliphatic rings. The van der Waals surface area contributed by atoms with Crippen LogP contribution in [0.5, 0.6) is 5.75 Å². The summed E-state index contributed by atoms with van der Waals surface area (Å²) in [6.45, 7) is 1.55.